The maximum absolute atomic E-state index is 3.96. The van der Waals surface area contributed by atoms with Gasteiger partial charge in [-0.15, -0.1) is 0 Å². The monoisotopic (exact) mass is 361 g/mol. The third-order valence-electron chi connectivity index (χ3n) is 6.64. The van der Waals surface area contributed by atoms with E-state index in [-0.39, 0.29) is 0 Å². The van der Waals surface area contributed by atoms with Gasteiger partial charge >= 0.3 is 0 Å². The lowest BCUT2D eigenvalue weighted by Crippen LogP contribution is -2.29. The number of allylic oxidation sites excluding steroid dienone is 2. The van der Waals surface area contributed by atoms with Gasteiger partial charge in [0.25, 0.3) is 0 Å². The summed E-state index contributed by atoms with van der Waals surface area (Å²) in [5.74, 6) is 1.06. The number of anilines is 1. The third kappa shape index (κ3) is 2.26. The number of aryl methyl sites for hydroxylation is 1. The minimum absolute atomic E-state index is 0.311. The first-order valence-electron chi connectivity index (χ1n) is 10.2. The largest absolute Gasteiger partial charge is 0.378 e. The summed E-state index contributed by atoms with van der Waals surface area (Å²) in [6.07, 6.45) is 5.95. The molecule has 4 aromatic rings. The third-order valence-corrected chi connectivity index (χ3v) is 6.64. The Morgan fingerprint density at radius 2 is 1.54 bits per heavy atom. The normalized spacial score (nSPS) is 22.8. The average Bonchev–Trinajstić information content (AvgIpc) is 3.22. The van der Waals surface area contributed by atoms with Crippen molar-refractivity contribution in [1.29, 1.82) is 0 Å². The molecule has 136 valence electrons. The van der Waals surface area contributed by atoms with Crippen molar-refractivity contribution in [3.05, 3.63) is 102 Å². The van der Waals surface area contributed by atoms with Gasteiger partial charge in [-0.25, -0.2) is 0 Å². The van der Waals surface area contributed by atoms with Gasteiger partial charge in [0, 0.05) is 11.6 Å². The first-order valence-corrected chi connectivity index (χ1v) is 10.2. The Morgan fingerprint density at radius 1 is 0.821 bits per heavy atom. The van der Waals surface area contributed by atoms with Crippen LogP contribution in [0.2, 0.25) is 0 Å². The molecule has 0 radical (unpaired) electrons. The molecule has 6 rings (SSSR count). The maximum atomic E-state index is 3.96. The molecule has 3 unspecified atom stereocenters. The highest BCUT2D eigenvalue weighted by Crippen LogP contribution is 2.52. The lowest BCUT2D eigenvalue weighted by atomic mass is 9.75. The van der Waals surface area contributed by atoms with Gasteiger partial charge in [0.1, 0.15) is 0 Å². The molecule has 1 N–H and O–H groups in total. The summed E-state index contributed by atoms with van der Waals surface area (Å²) >= 11 is 0. The number of benzene rings is 4. The second-order valence-corrected chi connectivity index (χ2v) is 8.30. The van der Waals surface area contributed by atoms with Crippen molar-refractivity contribution in [2.45, 2.75) is 25.3 Å². The molecule has 1 heterocycles. The fourth-order valence-electron chi connectivity index (χ4n) is 5.38. The van der Waals surface area contributed by atoms with Crippen LogP contribution in [-0.4, -0.2) is 0 Å². The minimum atomic E-state index is 0.311. The first-order chi connectivity index (χ1) is 13.8. The van der Waals surface area contributed by atoms with Crippen LogP contribution in [0.25, 0.3) is 21.5 Å². The molecule has 0 spiro atoms. The van der Waals surface area contributed by atoms with E-state index in [1.54, 1.807) is 0 Å². The van der Waals surface area contributed by atoms with Crippen molar-refractivity contribution >= 4 is 27.2 Å². The maximum Gasteiger partial charge on any atom is 0.0566 e. The summed E-state index contributed by atoms with van der Waals surface area (Å²) in [5, 5.41) is 9.36. The molecule has 0 fully saturated rings. The fourth-order valence-corrected chi connectivity index (χ4v) is 5.38. The summed E-state index contributed by atoms with van der Waals surface area (Å²) in [7, 11) is 0. The van der Waals surface area contributed by atoms with Crippen LogP contribution < -0.4 is 5.32 Å². The Bertz CT molecular complexity index is 1200. The molecular weight excluding hydrogens is 338 g/mol. The van der Waals surface area contributed by atoms with E-state index >= 15 is 0 Å². The van der Waals surface area contributed by atoms with E-state index in [0.717, 1.165) is 6.42 Å². The summed E-state index contributed by atoms with van der Waals surface area (Å²) in [4.78, 5) is 0. The zero-order chi connectivity index (χ0) is 18.7. The molecule has 1 aliphatic carbocycles. The van der Waals surface area contributed by atoms with Crippen molar-refractivity contribution in [3.63, 3.8) is 0 Å². The molecule has 1 aliphatic heterocycles. The first kappa shape index (κ1) is 15.9. The van der Waals surface area contributed by atoms with E-state index in [0.29, 0.717) is 17.9 Å². The summed E-state index contributed by atoms with van der Waals surface area (Å²) < 4.78 is 0. The Kier molecular flexibility index (Phi) is 3.40. The van der Waals surface area contributed by atoms with E-state index in [4.69, 9.17) is 0 Å². The molecule has 2 aliphatic rings. The van der Waals surface area contributed by atoms with Gasteiger partial charge in [-0.2, -0.15) is 0 Å². The highest BCUT2D eigenvalue weighted by atomic mass is 15.0. The number of nitrogens with one attached hydrogen (secondary N) is 1. The van der Waals surface area contributed by atoms with Crippen LogP contribution in [-0.2, 0) is 0 Å². The van der Waals surface area contributed by atoms with Crippen LogP contribution in [0.1, 0.15) is 35.1 Å². The molecule has 0 saturated heterocycles. The lowest BCUT2D eigenvalue weighted by molar-refractivity contribution is 0.429. The summed E-state index contributed by atoms with van der Waals surface area (Å²) in [5.41, 5.74) is 5.55. The minimum Gasteiger partial charge on any atom is -0.378 e. The van der Waals surface area contributed by atoms with Crippen LogP contribution in [0.15, 0.2) is 84.9 Å². The molecule has 1 nitrogen and oxygen atoms in total. The van der Waals surface area contributed by atoms with Crippen molar-refractivity contribution < 1.29 is 0 Å². The number of hydrogen-bond donors (Lipinski definition) is 1. The summed E-state index contributed by atoms with van der Waals surface area (Å²) in [6, 6.07) is 27.2. The van der Waals surface area contributed by atoms with Crippen LogP contribution in [0.5, 0.6) is 0 Å². The van der Waals surface area contributed by atoms with Crippen molar-refractivity contribution in [3.8, 4) is 0 Å². The van der Waals surface area contributed by atoms with Crippen molar-refractivity contribution in [2.75, 3.05) is 5.32 Å². The van der Waals surface area contributed by atoms with Gasteiger partial charge in [0.15, 0.2) is 0 Å². The molecule has 1 heteroatoms. The predicted octanol–water partition coefficient (Wildman–Crippen LogP) is 7.13. The molecule has 0 saturated carbocycles. The standard InChI is InChI=1S/C27H23N/c1-17-13-14-25-24(15-17)22-11-6-12-23(22)27(28-25)26-20-9-4-2-7-18(20)16-19-8-3-5-10-21(19)26/h2-11,13-16,22-23,27-28H,12H2,1H3. The van der Waals surface area contributed by atoms with Crippen LogP contribution in [0.3, 0.4) is 0 Å². The Morgan fingerprint density at radius 3 is 2.29 bits per heavy atom. The van der Waals surface area contributed by atoms with E-state index < -0.39 is 0 Å². The molecule has 4 aromatic carbocycles. The van der Waals surface area contributed by atoms with Crippen molar-refractivity contribution in [1.82, 2.24) is 0 Å². The molecule has 0 bridgehead atoms. The summed E-state index contributed by atoms with van der Waals surface area (Å²) in [6.45, 7) is 2.19. The fraction of sp³-hybridized carbons (Fsp3) is 0.185. The molecule has 0 amide bonds. The molecule has 3 atom stereocenters. The lowest BCUT2D eigenvalue weighted by Gasteiger charge is -2.38. The van der Waals surface area contributed by atoms with E-state index in [9.17, 15) is 0 Å². The predicted molar refractivity (Wildman–Crippen MR) is 119 cm³/mol. The van der Waals surface area contributed by atoms with E-state index in [1.807, 2.05) is 0 Å². The number of fused-ring (bicyclic) bond motifs is 5. The molecule has 28 heavy (non-hydrogen) atoms. The second-order valence-electron chi connectivity index (χ2n) is 8.30. The second kappa shape index (κ2) is 5.97. The van der Waals surface area contributed by atoms with Crippen LogP contribution >= 0.6 is 0 Å². The van der Waals surface area contributed by atoms with Gasteiger partial charge in [-0.3, -0.25) is 0 Å². The smallest absolute Gasteiger partial charge is 0.0566 e. The van der Waals surface area contributed by atoms with Gasteiger partial charge < -0.3 is 5.32 Å². The van der Waals surface area contributed by atoms with Gasteiger partial charge in [-0.1, -0.05) is 78.4 Å². The highest BCUT2D eigenvalue weighted by Gasteiger charge is 2.39. The number of hydrogen-bond acceptors (Lipinski definition) is 1. The SMILES string of the molecule is Cc1ccc2c(c1)C1C=CCC1C(c1c3ccccc3cc3ccccc13)N2. The Labute approximate surface area is 165 Å². The number of rotatable bonds is 1. The average molecular weight is 361 g/mol. The van der Waals surface area contributed by atoms with E-state index in [2.05, 4.69) is 97.2 Å². The topological polar surface area (TPSA) is 12.0 Å². The van der Waals surface area contributed by atoms with Crippen molar-refractivity contribution in [2.24, 2.45) is 5.92 Å². The van der Waals surface area contributed by atoms with Gasteiger partial charge in [0.2, 0.25) is 0 Å². The highest BCUT2D eigenvalue weighted by molar-refractivity contribution is 6.03. The van der Waals surface area contributed by atoms with E-state index in [1.165, 1.54) is 43.9 Å². The van der Waals surface area contributed by atoms with Crippen LogP contribution in [0, 0.1) is 12.8 Å². The molecular formula is C27H23N. The van der Waals surface area contributed by atoms with Gasteiger partial charge in [-0.05, 0) is 64.1 Å². The zero-order valence-corrected chi connectivity index (χ0v) is 16.0. The molecule has 0 aromatic heterocycles. The zero-order valence-electron chi connectivity index (χ0n) is 16.0. The van der Waals surface area contributed by atoms with Gasteiger partial charge in [0.05, 0.1) is 6.04 Å². The quantitative estimate of drug-likeness (QED) is 0.281. The van der Waals surface area contributed by atoms with Crippen LogP contribution in [0.4, 0.5) is 5.69 Å². The Balaban J connectivity index is 1.64. The Hall–Kier alpha value is -3.06.